The summed E-state index contributed by atoms with van der Waals surface area (Å²) in [5.74, 6) is 0.842. The molecule has 1 unspecified atom stereocenters. The van der Waals surface area contributed by atoms with Gasteiger partial charge in [-0.3, -0.25) is 14.7 Å². The molecule has 2 aliphatic heterocycles. The Morgan fingerprint density at radius 3 is 2.83 bits per heavy atom. The third-order valence-corrected chi connectivity index (χ3v) is 5.98. The van der Waals surface area contributed by atoms with Crippen molar-refractivity contribution < 1.29 is 9.32 Å². The van der Waals surface area contributed by atoms with Gasteiger partial charge in [0, 0.05) is 37.6 Å². The van der Waals surface area contributed by atoms with E-state index in [9.17, 15) is 4.79 Å². The van der Waals surface area contributed by atoms with Crippen molar-refractivity contribution in [3.8, 4) is 11.3 Å². The standard InChI is InChI=1S/C20H27N5O2.2ClH/c1-24(13-16-10-17(23-27-16)15-4-3-7-22-12-15)19(26)18-11-20(14-25(18)2)5-8-21-9-6-20;;/h3-4,7,10,12,18,21H,5-6,8-9,11,13-14H2,1-2H3;2*1H. The first kappa shape index (κ1) is 23.6. The van der Waals surface area contributed by atoms with Gasteiger partial charge in [0.2, 0.25) is 5.91 Å². The van der Waals surface area contributed by atoms with Gasteiger partial charge >= 0.3 is 0 Å². The molecule has 0 radical (unpaired) electrons. The molecular formula is C20H29Cl2N5O2. The number of likely N-dealkylation sites (N-methyl/N-ethyl adjacent to an activating group) is 2. The van der Waals surface area contributed by atoms with Crippen LogP contribution in [0.2, 0.25) is 0 Å². The first-order valence-corrected chi connectivity index (χ1v) is 9.58. The Hall–Kier alpha value is -1.67. The van der Waals surface area contributed by atoms with Crippen LogP contribution in [0.15, 0.2) is 35.1 Å². The van der Waals surface area contributed by atoms with Gasteiger partial charge in [-0.15, -0.1) is 24.8 Å². The average molecular weight is 442 g/mol. The lowest BCUT2D eigenvalue weighted by Crippen LogP contribution is -2.42. The van der Waals surface area contributed by atoms with Crippen LogP contribution in [0.1, 0.15) is 25.0 Å². The number of amides is 1. The zero-order valence-electron chi connectivity index (χ0n) is 16.8. The number of hydrogen-bond donors (Lipinski definition) is 1. The second-order valence-electron chi connectivity index (χ2n) is 8.00. The molecule has 2 aromatic rings. The SMILES string of the molecule is CN(Cc1cc(-c2cccnc2)no1)C(=O)C1CC2(CCNCC2)CN1C.Cl.Cl. The van der Waals surface area contributed by atoms with Crippen molar-refractivity contribution in [3.05, 3.63) is 36.4 Å². The largest absolute Gasteiger partial charge is 0.359 e. The van der Waals surface area contributed by atoms with Gasteiger partial charge in [0.15, 0.2) is 5.76 Å². The summed E-state index contributed by atoms with van der Waals surface area (Å²) in [7, 11) is 3.91. The summed E-state index contributed by atoms with van der Waals surface area (Å²) in [6.45, 7) is 3.54. The topological polar surface area (TPSA) is 74.5 Å². The van der Waals surface area contributed by atoms with Crippen LogP contribution in [0.5, 0.6) is 0 Å². The van der Waals surface area contributed by atoms with E-state index in [1.807, 2.05) is 25.2 Å². The lowest BCUT2D eigenvalue weighted by molar-refractivity contribution is -0.135. The highest BCUT2D eigenvalue weighted by Gasteiger charge is 2.46. The third kappa shape index (κ3) is 5.09. The van der Waals surface area contributed by atoms with E-state index in [2.05, 4.69) is 27.4 Å². The Morgan fingerprint density at radius 1 is 1.38 bits per heavy atom. The number of aromatic nitrogens is 2. The van der Waals surface area contributed by atoms with E-state index in [4.69, 9.17) is 4.52 Å². The fraction of sp³-hybridized carbons (Fsp3) is 0.550. The minimum Gasteiger partial charge on any atom is -0.359 e. The molecule has 4 rings (SSSR count). The lowest BCUT2D eigenvalue weighted by Gasteiger charge is -2.33. The molecule has 0 saturated carbocycles. The van der Waals surface area contributed by atoms with Crippen molar-refractivity contribution in [2.75, 3.05) is 33.7 Å². The summed E-state index contributed by atoms with van der Waals surface area (Å²) in [4.78, 5) is 21.2. The summed E-state index contributed by atoms with van der Waals surface area (Å²) in [5.41, 5.74) is 1.94. The van der Waals surface area contributed by atoms with E-state index < -0.39 is 0 Å². The highest BCUT2D eigenvalue weighted by Crippen LogP contribution is 2.41. The normalized spacial score (nSPS) is 20.7. The number of pyridine rings is 1. The van der Waals surface area contributed by atoms with Crippen molar-refractivity contribution in [2.45, 2.75) is 31.8 Å². The predicted octanol–water partition coefficient (Wildman–Crippen LogP) is 2.61. The average Bonchev–Trinajstić information content (AvgIpc) is 3.27. The molecular weight excluding hydrogens is 413 g/mol. The number of piperidine rings is 1. The van der Waals surface area contributed by atoms with Gasteiger partial charge < -0.3 is 14.7 Å². The van der Waals surface area contributed by atoms with Crippen LogP contribution in [0.4, 0.5) is 0 Å². The maximum Gasteiger partial charge on any atom is 0.240 e. The molecule has 160 valence electrons. The number of carbonyl (C=O) groups is 1. The van der Waals surface area contributed by atoms with Crippen molar-refractivity contribution in [3.63, 3.8) is 0 Å². The molecule has 4 heterocycles. The number of halogens is 2. The minimum atomic E-state index is -0.0474. The maximum atomic E-state index is 13.1. The van der Waals surface area contributed by atoms with Crippen LogP contribution in [-0.4, -0.2) is 65.6 Å². The van der Waals surface area contributed by atoms with Crippen LogP contribution in [-0.2, 0) is 11.3 Å². The number of likely N-dealkylation sites (tertiary alicyclic amines) is 1. The third-order valence-electron chi connectivity index (χ3n) is 5.98. The fourth-order valence-corrected chi connectivity index (χ4v) is 4.47. The number of nitrogens with zero attached hydrogens (tertiary/aromatic N) is 4. The van der Waals surface area contributed by atoms with E-state index in [0.717, 1.165) is 50.2 Å². The van der Waals surface area contributed by atoms with E-state index in [1.54, 1.807) is 17.3 Å². The van der Waals surface area contributed by atoms with Crippen molar-refractivity contribution >= 4 is 30.7 Å². The molecule has 1 N–H and O–H groups in total. The molecule has 2 fully saturated rings. The predicted molar refractivity (Wildman–Crippen MR) is 116 cm³/mol. The molecule has 1 amide bonds. The summed E-state index contributed by atoms with van der Waals surface area (Å²) in [5, 5.41) is 7.54. The van der Waals surface area contributed by atoms with Gasteiger partial charge in [-0.05, 0) is 56.9 Å². The summed E-state index contributed by atoms with van der Waals surface area (Å²) in [6.07, 6.45) is 6.74. The minimum absolute atomic E-state index is 0. The number of hydrogen-bond acceptors (Lipinski definition) is 6. The second-order valence-corrected chi connectivity index (χ2v) is 8.00. The second kappa shape index (κ2) is 9.89. The maximum absolute atomic E-state index is 13.1. The summed E-state index contributed by atoms with van der Waals surface area (Å²) in [6, 6.07) is 5.64. The Bertz CT molecular complexity index is 795. The molecule has 0 bridgehead atoms. The smallest absolute Gasteiger partial charge is 0.240 e. The molecule has 2 aromatic heterocycles. The van der Waals surface area contributed by atoms with E-state index in [0.29, 0.717) is 17.7 Å². The van der Waals surface area contributed by atoms with Crippen molar-refractivity contribution in [1.29, 1.82) is 0 Å². The van der Waals surface area contributed by atoms with Gasteiger partial charge in [-0.2, -0.15) is 0 Å². The Balaban J connectivity index is 0.00000150. The van der Waals surface area contributed by atoms with Gasteiger partial charge in [0.25, 0.3) is 0 Å². The molecule has 7 nitrogen and oxygen atoms in total. The van der Waals surface area contributed by atoms with E-state index in [1.165, 1.54) is 0 Å². The highest BCUT2D eigenvalue weighted by atomic mass is 35.5. The van der Waals surface area contributed by atoms with Gasteiger partial charge in [0.1, 0.15) is 5.69 Å². The number of rotatable bonds is 4. The van der Waals surface area contributed by atoms with Crippen LogP contribution in [0.25, 0.3) is 11.3 Å². The van der Waals surface area contributed by atoms with E-state index >= 15 is 0 Å². The molecule has 0 aromatic carbocycles. The highest BCUT2D eigenvalue weighted by molar-refractivity contribution is 5.85. The quantitative estimate of drug-likeness (QED) is 0.785. The first-order chi connectivity index (χ1) is 13.1. The first-order valence-electron chi connectivity index (χ1n) is 9.58. The van der Waals surface area contributed by atoms with Crippen molar-refractivity contribution in [1.82, 2.24) is 25.3 Å². The lowest BCUT2D eigenvalue weighted by atomic mass is 9.77. The van der Waals surface area contributed by atoms with E-state index in [-0.39, 0.29) is 36.8 Å². The van der Waals surface area contributed by atoms with Gasteiger partial charge in [-0.1, -0.05) is 5.16 Å². The summed E-state index contributed by atoms with van der Waals surface area (Å²) >= 11 is 0. The zero-order valence-corrected chi connectivity index (χ0v) is 18.5. The molecule has 2 aliphatic rings. The molecule has 1 spiro atoms. The molecule has 1 atom stereocenters. The molecule has 0 aliphatic carbocycles. The number of carbonyl (C=O) groups excluding carboxylic acids is 1. The monoisotopic (exact) mass is 441 g/mol. The van der Waals surface area contributed by atoms with Crippen molar-refractivity contribution in [2.24, 2.45) is 5.41 Å². The van der Waals surface area contributed by atoms with Gasteiger partial charge in [-0.25, -0.2) is 0 Å². The van der Waals surface area contributed by atoms with Gasteiger partial charge in [0.05, 0.1) is 12.6 Å². The number of nitrogens with one attached hydrogen (secondary N) is 1. The molecule has 29 heavy (non-hydrogen) atoms. The fourth-order valence-electron chi connectivity index (χ4n) is 4.47. The Labute approximate surface area is 184 Å². The van der Waals surface area contributed by atoms with Crippen LogP contribution >= 0.6 is 24.8 Å². The van der Waals surface area contributed by atoms with Crippen LogP contribution < -0.4 is 5.32 Å². The Kier molecular flexibility index (Phi) is 8.05. The zero-order chi connectivity index (χ0) is 18.9. The molecule has 9 heteroatoms. The summed E-state index contributed by atoms with van der Waals surface area (Å²) < 4.78 is 5.45. The molecule has 2 saturated heterocycles. The van der Waals surface area contributed by atoms with Crippen LogP contribution in [0, 0.1) is 5.41 Å². The van der Waals surface area contributed by atoms with Crippen LogP contribution in [0.3, 0.4) is 0 Å². The Morgan fingerprint density at radius 2 is 2.14 bits per heavy atom.